The minimum atomic E-state index is -4.62. The Balaban J connectivity index is 2.58. The third kappa shape index (κ3) is 1.76. The first-order valence-electron chi connectivity index (χ1n) is 4.69. The van der Waals surface area contributed by atoms with E-state index in [1.165, 1.54) is 3.97 Å². The summed E-state index contributed by atoms with van der Waals surface area (Å²) >= 11 is 1.90. The molecular weight excluding hydrogens is 354 g/mol. The van der Waals surface area contributed by atoms with Gasteiger partial charge in [-0.05, 0) is 30.9 Å². The Morgan fingerprint density at radius 1 is 1.50 bits per heavy atom. The molecular formula is C9H9F3INOS. The molecule has 1 aromatic heterocycles. The van der Waals surface area contributed by atoms with Crippen molar-refractivity contribution in [1.82, 2.24) is 3.97 Å². The molecule has 0 spiro atoms. The van der Waals surface area contributed by atoms with Gasteiger partial charge in [0.25, 0.3) is 0 Å². The monoisotopic (exact) mass is 363 g/mol. The molecule has 7 heteroatoms. The van der Waals surface area contributed by atoms with Gasteiger partial charge in [-0.1, -0.05) is 0 Å². The zero-order valence-electron chi connectivity index (χ0n) is 8.09. The van der Waals surface area contributed by atoms with Crippen LogP contribution in [0.2, 0.25) is 0 Å². The fourth-order valence-electron chi connectivity index (χ4n) is 2.09. The normalized spacial score (nSPS) is 25.6. The first-order valence-corrected chi connectivity index (χ1v) is 8.00. The highest BCUT2D eigenvalue weighted by Crippen LogP contribution is 2.48. The summed E-state index contributed by atoms with van der Waals surface area (Å²) in [5.74, 6) is 0. The van der Waals surface area contributed by atoms with E-state index in [2.05, 4.69) is 0 Å². The van der Waals surface area contributed by atoms with Crippen LogP contribution in [0.4, 0.5) is 13.2 Å². The number of aliphatic hydroxyl groups is 1. The zero-order valence-corrected chi connectivity index (χ0v) is 11.1. The third-order valence-electron chi connectivity index (χ3n) is 2.86. The van der Waals surface area contributed by atoms with Gasteiger partial charge >= 0.3 is 6.18 Å². The van der Waals surface area contributed by atoms with E-state index in [0.29, 0.717) is 18.4 Å². The molecule has 0 aliphatic heterocycles. The minimum Gasteiger partial charge on any atom is -0.375 e. The van der Waals surface area contributed by atoms with Crippen LogP contribution in [0.3, 0.4) is 0 Å². The molecule has 1 aliphatic carbocycles. The highest BCUT2D eigenvalue weighted by Gasteiger charge is 2.58. The summed E-state index contributed by atoms with van der Waals surface area (Å²) in [6.45, 7) is 0. The molecule has 1 unspecified atom stereocenters. The second-order valence-electron chi connectivity index (χ2n) is 3.80. The van der Waals surface area contributed by atoms with E-state index >= 15 is 0 Å². The summed E-state index contributed by atoms with van der Waals surface area (Å²) in [7, 11) is 1.14. The number of fused-ring (bicyclic) bond motifs is 1. The first-order chi connectivity index (χ1) is 7.40. The van der Waals surface area contributed by atoms with Crippen molar-refractivity contribution in [3.63, 3.8) is 0 Å². The maximum atomic E-state index is 12.9. The van der Waals surface area contributed by atoms with Crippen LogP contribution < -0.4 is 0 Å². The van der Waals surface area contributed by atoms with Gasteiger partial charge in [-0.2, -0.15) is 13.2 Å². The van der Waals surface area contributed by atoms with Gasteiger partial charge in [0.2, 0.25) is 5.60 Å². The van der Waals surface area contributed by atoms with Gasteiger partial charge in [0.15, 0.2) is 0 Å². The van der Waals surface area contributed by atoms with Gasteiger partial charge in [0, 0.05) is 36.5 Å². The van der Waals surface area contributed by atoms with E-state index in [0.717, 1.165) is 9.12 Å². The van der Waals surface area contributed by atoms with E-state index < -0.39 is 11.8 Å². The second kappa shape index (κ2) is 4.09. The first kappa shape index (κ1) is 12.6. The number of halogens is 4. The quantitative estimate of drug-likeness (QED) is 0.774. The fourth-order valence-corrected chi connectivity index (χ4v) is 3.52. The molecule has 1 heterocycles. The van der Waals surface area contributed by atoms with Crippen molar-refractivity contribution in [1.29, 1.82) is 0 Å². The van der Waals surface area contributed by atoms with Gasteiger partial charge in [-0.3, -0.25) is 3.97 Å². The molecule has 2 rings (SSSR count). The Bertz CT molecular complexity index is 392. The molecule has 1 N–H and O–H groups in total. The Hall–Kier alpha value is 0.110. The molecule has 90 valence electrons. The molecule has 0 bridgehead atoms. The number of hydrogen-bond donors (Lipinski definition) is 1. The predicted molar refractivity (Wildman–Crippen MR) is 64.3 cm³/mol. The van der Waals surface area contributed by atoms with Crippen molar-refractivity contribution in [2.24, 2.45) is 0 Å². The number of nitrogens with zero attached hydrogens (tertiary/aromatic N) is 1. The summed E-state index contributed by atoms with van der Waals surface area (Å²) in [6, 6.07) is 1.65. The van der Waals surface area contributed by atoms with Crippen LogP contribution in [0, 0.1) is 0 Å². The molecule has 1 aliphatic rings. The molecule has 0 radical (unpaired) electrons. The average molecular weight is 363 g/mol. The van der Waals surface area contributed by atoms with Crippen molar-refractivity contribution in [3.8, 4) is 0 Å². The Morgan fingerprint density at radius 3 is 2.75 bits per heavy atom. The molecule has 0 saturated carbocycles. The van der Waals surface area contributed by atoms with E-state index in [4.69, 9.17) is 0 Å². The van der Waals surface area contributed by atoms with Crippen LogP contribution >= 0.6 is 30.3 Å². The van der Waals surface area contributed by atoms with Crippen molar-refractivity contribution in [2.75, 3.05) is 0 Å². The molecule has 1 aromatic rings. The second-order valence-corrected chi connectivity index (χ2v) is 5.51. The molecule has 0 fully saturated rings. The maximum absolute atomic E-state index is 12.9. The molecule has 16 heavy (non-hydrogen) atoms. The van der Waals surface area contributed by atoms with Gasteiger partial charge in [-0.25, -0.2) is 0 Å². The smallest absolute Gasteiger partial charge is 0.375 e. The van der Waals surface area contributed by atoms with Crippen molar-refractivity contribution in [2.45, 2.75) is 31.0 Å². The molecule has 0 aromatic carbocycles. The summed E-state index contributed by atoms with van der Waals surface area (Å²) in [4.78, 5) is 0. The van der Waals surface area contributed by atoms with Crippen LogP contribution in [-0.4, -0.2) is 15.3 Å². The van der Waals surface area contributed by atoms with Crippen molar-refractivity contribution < 1.29 is 18.3 Å². The number of hydrogen-bond acceptors (Lipinski definition) is 2. The lowest BCUT2D eigenvalue weighted by atomic mass is 9.83. The van der Waals surface area contributed by atoms with Crippen molar-refractivity contribution >= 4 is 30.3 Å². The fraction of sp³-hybridized carbons (Fsp3) is 0.556. The number of aromatic nitrogens is 1. The lowest BCUT2D eigenvalue weighted by Gasteiger charge is -2.35. The lowest BCUT2D eigenvalue weighted by molar-refractivity contribution is -0.273. The topological polar surface area (TPSA) is 25.2 Å². The number of rotatable bonds is 1. The Morgan fingerprint density at radius 2 is 2.19 bits per heavy atom. The number of aryl methyl sites for hydroxylation is 1. The lowest BCUT2D eigenvalue weighted by Crippen LogP contribution is -2.45. The summed E-state index contributed by atoms with van der Waals surface area (Å²) in [5.41, 5.74) is -2.11. The van der Waals surface area contributed by atoms with Crippen molar-refractivity contribution in [3.05, 3.63) is 23.5 Å². The molecule has 2 nitrogen and oxygen atoms in total. The van der Waals surface area contributed by atoms with E-state index in [-0.39, 0.29) is 12.1 Å². The zero-order chi connectivity index (χ0) is 12.0. The highest BCUT2D eigenvalue weighted by molar-refractivity contribution is 14.2. The van der Waals surface area contributed by atoms with Crippen LogP contribution in [-0.2, 0) is 12.0 Å². The average Bonchev–Trinajstić information content (AvgIpc) is 2.60. The van der Waals surface area contributed by atoms with Crippen LogP contribution in [0.15, 0.2) is 12.3 Å². The maximum Gasteiger partial charge on any atom is 0.422 e. The summed E-state index contributed by atoms with van der Waals surface area (Å²) in [6.07, 6.45) is -2.35. The van der Waals surface area contributed by atoms with Gasteiger partial charge in [0.05, 0.1) is 5.69 Å². The standard InChI is InChI=1S/C9H9F3INOS/c10-9(11,12)8(15)4-1-2-6-3-5-14(16-13)7(6)8/h3,5,15H,1-2,4H2. The summed E-state index contributed by atoms with van der Waals surface area (Å²) < 4.78 is 40.2. The van der Waals surface area contributed by atoms with Crippen LogP contribution in [0.25, 0.3) is 0 Å². The van der Waals surface area contributed by atoms with Crippen LogP contribution in [0.5, 0.6) is 0 Å². The van der Waals surface area contributed by atoms with E-state index in [1.807, 2.05) is 21.2 Å². The highest BCUT2D eigenvalue weighted by atomic mass is 127. The number of alkyl halides is 3. The molecule has 0 amide bonds. The van der Waals surface area contributed by atoms with Gasteiger partial charge in [-0.15, -0.1) is 0 Å². The Kier molecular flexibility index (Phi) is 3.21. The largest absolute Gasteiger partial charge is 0.422 e. The minimum absolute atomic E-state index is 0.00866. The Labute approximate surface area is 107 Å². The summed E-state index contributed by atoms with van der Waals surface area (Å²) in [5, 5.41) is 9.90. The predicted octanol–water partition coefficient (Wildman–Crippen LogP) is 3.42. The van der Waals surface area contributed by atoms with Gasteiger partial charge < -0.3 is 5.11 Å². The van der Waals surface area contributed by atoms with E-state index in [1.54, 1.807) is 12.3 Å². The van der Waals surface area contributed by atoms with Gasteiger partial charge in [0.1, 0.15) is 0 Å². The third-order valence-corrected chi connectivity index (χ3v) is 4.58. The van der Waals surface area contributed by atoms with Crippen LogP contribution in [0.1, 0.15) is 24.1 Å². The van der Waals surface area contributed by atoms with E-state index in [9.17, 15) is 18.3 Å². The molecule has 1 atom stereocenters. The SMILES string of the molecule is OC1(C(F)(F)F)CCCc2ccn(SI)c21. The molecule has 0 saturated heterocycles.